The molecule has 0 fully saturated rings. The fourth-order valence-electron chi connectivity index (χ4n) is 2.77. The van der Waals surface area contributed by atoms with Crippen LogP contribution in [0.5, 0.6) is 11.5 Å². The van der Waals surface area contributed by atoms with Crippen molar-refractivity contribution in [3.8, 4) is 11.5 Å². The molecule has 0 bridgehead atoms. The van der Waals surface area contributed by atoms with Gasteiger partial charge in [0, 0.05) is 22.3 Å². The van der Waals surface area contributed by atoms with Crippen LogP contribution in [0.1, 0.15) is 12.8 Å². The second-order valence-corrected chi connectivity index (χ2v) is 9.41. The van der Waals surface area contributed by atoms with E-state index in [1.54, 1.807) is 67.8 Å². The van der Waals surface area contributed by atoms with Crippen molar-refractivity contribution in [2.75, 3.05) is 23.8 Å². The van der Waals surface area contributed by atoms with E-state index in [1.165, 1.54) is 12.1 Å². The number of methoxy groups -OCH3 is 1. The van der Waals surface area contributed by atoms with Gasteiger partial charge >= 0.3 is 0 Å². The van der Waals surface area contributed by atoms with Gasteiger partial charge in [0.2, 0.25) is 5.91 Å². The molecule has 3 aromatic carbocycles. The van der Waals surface area contributed by atoms with Crippen molar-refractivity contribution in [2.45, 2.75) is 17.7 Å². The molecule has 9 heteroatoms. The Kier molecular flexibility index (Phi) is 8.13. The molecule has 0 saturated carbocycles. The fraction of sp³-hybridized carbons (Fsp3) is 0.174. The van der Waals surface area contributed by atoms with Crippen LogP contribution >= 0.6 is 15.9 Å². The first-order chi connectivity index (χ1) is 15.4. The average Bonchev–Trinajstić information content (AvgIpc) is 2.79. The first kappa shape index (κ1) is 23.6. The number of hydrogen-bond acceptors (Lipinski definition) is 5. The molecule has 0 spiro atoms. The number of anilines is 2. The quantitative estimate of drug-likeness (QED) is 0.366. The largest absolute Gasteiger partial charge is 0.497 e. The van der Waals surface area contributed by atoms with Crippen LogP contribution in [0.15, 0.2) is 82.2 Å². The van der Waals surface area contributed by atoms with Gasteiger partial charge in [0.05, 0.1) is 18.6 Å². The van der Waals surface area contributed by atoms with Crippen molar-refractivity contribution in [1.29, 1.82) is 0 Å². The van der Waals surface area contributed by atoms with Crippen molar-refractivity contribution >= 4 is 43.2 Å². The lowest BCUT2D eigenvalue weighted by atomic mass is 10.2. The van der Waals surface area contributed by atoms with Crippen LogP contribution in [0.25, 0.3) is 0 Å². The Morgan fingerprint density at radius 3 is 2.09 bits per heavy atom. The first-order valence-corrected chi connectivity index (χ1v) is 12.1. The lowest BCUT2D eigenvalue weighted by Crippen LogP contribution is -2.14. The zero-order chi connectivity index (χ0) is 23.0. The van der Waals surface area contributed by atoms with E-state index in [9.17, 15) is 13.2 Å². The van der Waals surface area contributed by atoms with E-state index in [0.717, 1.165) is 10.2 Å². The second kappa shape index (κ2) is 11.0. The highest BCUT2D eigenvalue weighted by Gasteiger charge is 2.14. The van der Waals surface area contributed by atoms with Crippen molar-refractivity contribution in [3.05, 3.63) is 77.3 Å². The number of sulfonamides is 1. The molecule has 0 aromatic heterocycles. The molecule has 2 N–H and O–H groups in total. The Morgan fingerprint density at radius 2 is 1.47 bits per heavy atom. The van der Waals surface area contributed by atoms with E-state index in [-0.39, 0.29) is 17.2 Å². The summed E-state index contributed by atoms with van der Waals surface area (Å²) in [7, 11) is -2.12. The van der Waals surface area contributed by atoms with Gasteiger partial charge in [-0.2, -0.15) is 0 Å². The Morgan fingerprint density at radius 1 is 0.875 bits per heavy atom. The number of carbonyl (C=O) groups is 1. The van der Waals surface area contributed by atoms with Crippen molar-refractivity contribution in [2.24, 2.45) is 0 Å². The number of halogens is 1. The maximum Gasteiger partial charge on any atom is 0.261 e. The minimum atomic E-state index is -3.72. The zero-order valence-corrected chi connectivity index (χ0v) is 19.8. The molecule has 1 amide bonds. The molecule has 0 aliphatic heterocycles. The Balaban J connectivity index is 1.45. The Bertz CT molecular complexity index is 1130. The van der Waals surface area contributed by atoms with Crippen molar-refractivity contribution in [1.82, 2.24) is 0 Å². The van der Waals surface area contributed by atoms with Crippen molar-refractivity contribution < 1.29 is 22.7 Å². The van der Waals surface area contributed by atoms with Crippen LogP contribution in [0.4, 0.5) is 11.4 Å². The molecule has 3 aromatic rings. The van der Waals surface area contributed by atoms with Gasteiger partial charge in [0.1, 0.15) is 11.5 Å². The topological polar surface area (TPSA) is 93.7 Å². The second-order valence-electron chi connectivity index (χ2n) is 6.81. The predicted molar refractivity (Wildman–Crippen MR) is 128 cm³/mol. The summed E-state index contributed by atoms with van der Waals surface area (Å²) in [6.07, 6.45) is 0.822. The highest BCUT2D eigenvalue weighted by molar-refractivity contribution is 9.10. The molecule has 0 atom stereocenters. The van der Waals surface area contributed by atoms with Gasteiger partial charge in [-0.15, -0.1) is 0 Å². The highest BCUT2D eigenvalue weighted by Crippen LogP contribution is 2.20. The SMILES string of the molecule is COc1ccc(OCCCC(=O)Nc2ccc(S(=O)(=O)Nc3ccc(Br)cc3)cc2)cc1. The maximum absolute atomic E-state index is 12.5. The van der Waals surface area contributed by atoms with Crippen LogP contribution in [0.2, 0.25) is 0 Å². The fourth-order valence-corrected chi connectivity index (χ4v) is 4.09. The van der Waals surface area contributed by atoms with Crippen LogP contribution in [-0.4, -0.2) is 28.0 Å². The molecule has 32 heavy (non-hydrogen) atoms. The monoisotopic (exact) mass is 518 g/mol. The standard InChI is InChI=1S/C23H23BrN2O5S/c1-30-20-10-12-21(13-11-20)31-16-2-3-23(27)25-18-8-14-22(15-9-18)32(28,29)26-19-6-4-17(24)5-7-19/h4-15,26H,2-3,16H2,1H3,(H,25,27). The third kappa shape index (κ3) is 7.00. The molecule has 0 heterocycles. The van der Waals surface area contributed by atoms with Gasteiger partial charge in [0.15, 0.2) is 0 Å². The normalized spacial score (nSPS) is 10.9. The number of ether oxygens (including phenoxy) is 2. The molecule has 0 saturated heterocycles. The number of amides is 1. The van der Waals surface area contributed by atoms with Gasteiger partial charge in [-0.25, -0.2) is 8.42 Å². The molecule has 7 nitrogen and oxygen atoms in total. The van der Waals surface area contributed by atoms with Gasteiger partial charge < -0.3 is 14.8 Å². The summed E-state index contributed by atoms with van der Waals surface area (Å²) in [5.41, 5.74) is 0.983. The smallest absolute Gasteiger partial charge is 0.261 e. The number of nitrogens with one attached hydrogen (secondary N) is 2. The molecule has 0 unspecified atom stereocenters. The Labute approximate surface area is 195 Å². The van der Waals surface area contributed by atoms with Crippen molar-refractivity contribution in [3.63, 3.8) is 0 Å². The number of hydrogen-bond donors (Lipinski definition) is 2. The third-order valence-corrected chi connectivity index (χ3v) is 6.35. The van der Waals surface area contributed by atoms with E-state index in [4.69, 9.17) is 9.47 Å². The lowest BCUT2D eigenvalue weighted by Gasteiger charge is -2.10. The summed E-state index contributed by atoms with van der Waals surface area (Å²) in [5, 5.41) is 2.76. The molecule has 0 aliphatic carbocycles. The summed E-state index contributed by atoms with van der Waals surface area (Å²) in [4.78, 5) is 12.2. The Hall–Kier alpha value is -3.04. The minimum Gasteiger partial charge on any atom is -0.497 e. The van der Waals surface area contributed by atoms with E-state index in [2.05, 4.69) is 26.0 Å². The summed E-state index contributed by atoms with van der Waals surface area (Å²) < 4.78 is 39.1. The summed E-state index contributed by atoms with van der Waals surface area (Å²) in [6.45, 7) is 0.401. The zero-order valence-electron chi connectivity index (χ0n) is 17.4. The van der Waals surface area contributed by atoms with Gasteiger partial charge in [0.25, 0.3) is 10.0 Å². The summed E-state index contributed by atoms with van der Waals surface area (Å²) in [5.74, 6) is 1.28. The van der Waals surface area contributed by atoms with E-state index in [0.29, 0.717) is 30.2 Å². The lowest BCUT2D eigenvalue weighted by molar-refractivity contribution is -0.116. The summed E-state index contributed by atoms with van der Waals surface area (Å²) >= 11 is 3.31. The summed E-state index contributed by atoms with van der Waals surface area (Å²) in [6, 6.07) is 20.1. The molecule has 0 radical (unpaired) electrons. The van der Waals surface area contributed by atoms with E-state index < -0.39 is 10.0 Å². The molecule has 0 aliphatic rings. The van der Waals surface area contributed by atoms with E-state index in [1.807, 2.05) is 0 Å². The number of benzene rings is 3. The maximum atomic E-state index is 12.5. The van der Waals surface area contributed by atoms with Gasteiger partial charge in [-0.05, 0) is 79.2 Å². The minimum absolute atomic E-state index is 0.103. The molecular weight excluding hydrogens is 496 g/mol. The van der Waals surface area contributed by atoms with Gasteiger partial charge in [-0.3, -0.25) is 9.52 Å². The third-order valence-electron chi connectivity index (χ3n) is 4.42. The number of carbonyl (C=O) groups excluding carboxylic acids is 1. The van der Waals surface area contributed by atoms with Crippen LogP contribution in [-0.2, 0) is 14.8 Å². The molecule has 3 rings (SSSR count). The van der Waals surface area contributed by atoms with Crippen LogP contribution in [0.3, 0.4) is 0 Å². The van der Waals surface area contributed by atoms with E-state index >= 15 is 0 Å². The van der Waals surface area contributed by atoms with Crippen LogP contribution < -0.4 is 19.5 Å². The number of rotatable bonds is 10. The van der Waals surface area contributed by atoms with Crippen LogP contribution in [0, 0.1) is 0 Å². The predicted octanol–water partition coefficient (Wildman–Crippen LogP) is 5.06. The highest BCUT2D eigenvalue weighted by atomic mass is 79.9. The average molecular weight is 519 g/mol. The first-order valence-electron chi connectivity index (χ1n) is 9.81. The molecule has 168 valence electrons. The molecular formula is C23H23BrN2O5S. The van der Waals surface area contributed by atoms with Gasteiger partial charge in [-0.1, -0.05) is 15.9 Å².